The van der Waals surface area contributed by atoms with E-state index in [9.17, 15) is 13.5 Å². The van der Waals surface area contributed by atoms with Gasteiger partial charge in [-0.2, -0.15) is 0 Å². The van der Waals surface area contributed by atoms with Crippen LogP contribution in [0.5, 0.6) is 5.75 Å². The Morgan fingerprint density at radius 1 is 1.08 bits per heavy atom. The van der Waals surface area contributed by atoms with Crippen molar-refractivity contribution >= 4 is 10.0 Å². The van der Waals surface area contributed by atoms with Crippen LogP contribution in [0.4, 0.5) is 0 Å². The Bertz CT molecular complexity index is 769. The maximum absolute atomic E-state index is 11.8. The monoisotopic (exact) mass is 363 g/mol. The van der Waals surface area contributed by atoms with Gasteiger partial charge in [-0.15, -0.1) is 0 Å². The third-order valence-corrected chi connectivity index (χ3v) is 5.75. The van der Waals surface area contributed by atoms with Gasteiger partial charge in [-0.1, -0.05) is 42.5 Å². The molecule has 0 saturated carbocycles. The van der Waals surface area contributed by atoms with Crippen molar-refractivity contribution in [3.8, 4) is 5.75 Å². The van der Waals surface area contributed by atoms with Gasteiger partial charge in [0.05, 0.1) is 5.25 Å². The summed E-state index contributed by atoms with van der Waals surface area (Å²) in [7, 11) is -3.42. The highest BCUT2D eigenvalue weighted by Crippen LogP contribution is 2.23. The van der Waals surface area contributed by atoms with Crippen LogP contribution >= 0.6 is 0 Å². The standard InChI is InChI=1S/C19H25NO4S/c1-15(2)25(22,23)20-14-19(3,21)17-9-11-18(12-10-17)24-13-16-7-5-4-6-8-16/h4-12,15,20-21H,13-14H2,1-3H3. The molecule has 1 atom stereocenters. The SMILES string of the molecule is CC(C)S(=O)(=O)NCC(C)(O)c1ccc(OCc2ccccc2)cc1. The Morgan fingerprint density at radius 2 is 1.68 bits per heavy atom. The van der Waals surface area contributed by atoms with Gasteiger partial charge in [-0.3, -0.25) is 0 Å². The predicted molar refractivity (Wildman–Crippen MR) is 98.8 cm³/mol. The molecule has 0 amide bonds. The van der Waals surface area contributed by atoms with E-state index >= 15 is 0 Å². The summed E-state index contributed by atoms with van der Waals surface area (Å²) in [5.74, 6) is 0.686. The fourth-order valence-electron chi connectivity index (χ4n) is 2.16. The maximum atomic E-state index is 11.8. The van der Waals surface area contributed by atoms with E-state index in [-0.39, 0.29) is 6.54 Å². The average molecular weight is 363 g/mol. The molecule has 0 heterocycles. The fourth-order valence-corrected chi connectivity index (χ4v) is 2.98. The van der Waals surface area contributed by atoms with Crippen LogP contribution in [0.1, 0.15) is 31.9 Å². The number of benzene rings is 2. The van der Waals surface area contributed by atoms with Gasteiger partial charge in [0.2, 0.25) is 10.0 Å². The number of rotatable bonds is 8. The zero-order chi connectivity index (χ0) is 18.5. The normalized spacial score (nSPS) is 14.3. The molecule has 0 aliphatic carbocycles. The summed E-state index contributed by atoms with van der Waals surface area (Å²) in [4.78, 5) is 0. The zero-order valence-corrected chi connectivity index (χ0v) is 15.6. The molecule has 0 radical (unpaired) electrons. The van der Waals surface area contributed by atoms with Crippen molar-refractivity contribution in [2.45, 2.75) is 38.2 Å². The Balaban J connectivity index is 1.98. The molecule has 136 valence electrons. The highest BCUT2D eigenvalue weighted by Gasteiger charge is 2.26. The first-order valence-electron chi connectivity index (χ1n) is 8.19. The van der Waals surface area contributed by atoms with E-state index in [0.717, 1.165) is 5.56 Å². The maximum Gasteiger partial charge on any atom is 0.214 e. The lowest BCUT2D eigenvalue weighted by Gasteiger charge is -2.25. The second-order valence-electron chi connectivity index (χ2n) is 6.49. The molecule has 2 rings (SSSR count). The van der Waals surface area contributed by atoms with Crippen molar-refractivity contribution in [3.05, 3.63) is 65.7 Å². The minimum Gasteiger partial charge on any atom is -0.489 e. The lowest BCUT2D eigenvalue weighted by Crippen LogP contribution is -2.41. The van der Waals surface area contributed by atoms with Crippen LogP contribution in [0.2, 0.25) is 0 Å². The van der Waals surface area contributed by atoms with E-state index in [2.05, 4.69) is 4.72 Å². The molecule has 0 bridgehead atoms. The van der Waals surface area contributed by atoms with Gasteiger partial charge in [0.1, 0.15) is 18.0 Å². The molecule has 25 heavy (non-hydrogen) atoms. The quantitative estimate of drug-likeness (QED) is 0.756. The lowest BCUT2D eigenvalue weighted by atomic mass is 9.96. The topological polar surface area (TPSA) is 75.6 Å². The van der Waals surface area contributed by atoms with Crippen molar-refractivity contribution < 1.29 is 18.3 Å². The fraction of sp³-hybridized carbons (Fsp3) is 0.368. The van der Waals surface area contributed by atoms with Crippen molar-refractivity contribution in [1.29, 1.82) is 0 Å². The molecule has 0 spiro atoms. The van der Waals surface area contributed by atoms with E-state index in [1.54, 1.807) is 45.0 Å². The summed E-state index contributed by atoms with van der Waals surface area (Å²) in [5.41, 5.74) is 0.382. The first-order chi connectivity index (χ1) is 11.7. The van der Waals surface area contributed by atoms with Gasteiger partial charge in [-0.25, -0.2) is 13.1 Å². The van der Waals surface area contributed by atoms with Gasteiger partial charge in [0.25, 0.3) is 0 Å². The molecule has 0 aliphatic heterocycles. The van der Waals surface area contributed by atoms with Crippen LogP contribution in [0.25, 0.3) is 0 Å². The van der Waals surface area contributed by atoms with E-state index in [4.69, 9.17) is 4.74 Å². The summed E-state index contributed by atoms with van der Waals surface area (Å²) >= 11 is 0. The predicted octanol–water partition coefficient (Wildman–Crippen LogP) is 2.80. The molecule has 0 aliphatic rings. The van der Waals surface area contributed by atoms with Crippen molar-refractivity contribution in [3.63, 3.8) is 0 Å². The summed E-state index contributed by atoms with van der Waals surface area (Å²) < 4.78 is 31.8. The first-order valence-corrected chi connectivity index (χ1v) is 9.73. The number of hydrogen-bond donors (Lipinski definition) is 2. The number of hydrogen-bond acceptors (Lipinski definition) is 4. The third-order valence-electron chi connectivity index (χ3n) is 3.96. The molecule has 2 N–H and O–H groups in total. The Hall–Kier alpha value is -1.89. The van der Waals surface area contributed by atoms with Crippen LogP contribution in [0, 0.1) is 0 Å². The van der Waals surface area contributed by atoms with Crippen molar-refractivity contribution in [1.82, 2.24) is 4.72 Å². The number of sulfonamides is 1. The molecule has 5 nitrogen and oxygen atoms in total. The Labute approximate surface area is 149 Å². The first kappa shape index (κ1) is 19.4. The molecule has 6 heteroatoms. The molecular weight excluding hydrogens is 338 g/mol. The highest BCUT2D eigenvalue weighted by atomic mass is 32.2. The largest absolute Gasteiger partial charge is 0.489 e. The summed E-state index contributed by atoms with van der Waals surface area (Å²) in [5, 5.41) is 10.0. The molecular formula is C19H25NO4S. The molecule has 0 aromatic heterocycles. The van der Waals surface area contributed by atoms with Gasteiger partial charge in [0, 0.05) is 6.54 Å². The third kappa shape index (κ3) is 5.56. The minimum atomic E-state index is -3.42. The minimum absolute atomic E-state index is 0.0856. The average Bonchev–Trinajstić information content (AvgIpc) is 2.59. The summed E-state index contributed by atoms with van der Waals surface area (Å²) in [6, 6.07) is 16.9. The summed E-state index contributed by atoms with van der Waals surface area (Å²) in [6.07, 6.45) is 0. The van der Waals surface area contributed by atoms with E-state index in [1.807, 2.05) is 30.3 Å². The van der Waals surface area contributed by atoms with Gasteiger partial charge < -0.3 is 9.84 Å². The van der Waals surface area contributed by atoms with Crippen LogP contribution in [-0.2, 0) is 22.2 Å². The van der Waals surface area contributed by atoms with E-state index < -0.39 is 20.9 Å². The lowest BCUT2D eigenvalue weighted by molar-refractivity contribution is 0.0626. The molecule has 0 fully saturated rings. The van der Waals surface area contributed by atoms with Crippen molar-refractivity contribution in [2.24, 2.45) is 0 Å². The van der Waals surface area contributed by atoms with E-state index in [0.29, 0.717) is 17.9 Å². The van der Waals surface area contributed by atoms with Gasteiger partial charge in [-0.05, 0) is 44.0 Å². The number of aliphatic hydroxyl groups is 1. The van der Waals surface area contributed by atoms with Crippen LogP contribution in [0.3, 0.4) is 0 Å². The molecule has 0 saturated heterocycles. The van der Waals surface area contributed by atoms with Crippen molar-refractivity contribution in [2.75, 3.05) is 6.54 Å². The molecule has 2 aromatic carbocycles. The van der Waals surface area contributed by atoms with Crippen LogP contribution in [-0.4, -0.2) is 25.3 Å². The number of nitrogens with one attached hydrogen (secondary N) is 1. The van der Waals surface area contributed by atoms with Gasteiger partial charge in [0.15, 0.2) is 0 Å². The highest BCUT2D eigenvalue weighted by molar-refractivity contribution is 7.90. The number of ether oxygens (including phenoxy) is 1. The van der Waals surface area contributed by atoms with Crippen LogP contribution in [0.15, 0.2) is 54.6 Å². The molecule has 2 aromatic rings. The molecule has 1 unspecified atom stereocenters. The second kappa shape index (κ2) is 7.99. The smallest absolute Gasteiger partial charge is 0.214 e. The zero-order valence-electron chi connectivity index (χ0n) is 14.8. The van der Waals surface area contributed by atoms with E-state index in [1.165, 1.54) is 0 Å². The summed E-state index contributed by atoms with van der Waals surface area (Å²) in [6.45, 7) is 5.14. The van der Waals surface area contributed by atoms with Crippen LogP contribution < -0.4 is 9.46 Å². The Morgan fingerprint density at radius 3 is 2.24 bits per heavy atom. The second-order valence-corrected chi connectivity index (χ2v) is 8.81. The van der Waals surface area contributed by atoms with Gasteiger partial charge >= 0.3 is 0 Å². The Kier molecular flexibility index (Phi) is 6.21.